The summed E-state index contributed by atoms with van der Waals surface area (Å²) in [5, 5.41) is 0.570. The zero-order valence-corrected chi connectivity index (χ0v) is 22.4. The van der Waals surface area contributed by atoms with E-state index in [1.807, 2.05) is 44.2 Å². The number of benzene rings is 2. The number of nitrogens with two attached hydrogens (primary N) is 1. The zero-order chi connectivity index (χ0) is 26.8. The number of rotatable bonds is 4. The topological polar surface area (TPSA) is 91.1 Å². The average Bonchev–Trinajstić information content (AvgIpc) is 3.36. The van der Waals surface area contributed by atoms with Crippen LogP contribution >= 0.6 is 11.6 Å². The van der Waals surface area contributed by atoms with Crippen LogP contribution < -0.4 is 10.6 Å². The summed E-state index contributed by atoms with van der Waals surface area (Å²) in [6.45, 7) is 7.94. The Morgan fingerprint density at radius 3 is 2.47 bits per heavy atom. The van der Waals surface area contributed by atoms with Crippen LogP contribution in [0.1, 0.15) is 32.9 Å². The number of halogens is 1. The molecule has 0 atom stereocenters. The van der Waals surface area contributed by atoms with Gasteiger partial charge in [0.15, 0.2) is 0 Å². The summed E-state index contributed by atoms with van der Waals surface area (Å²) in [5.74, 6) is 6.52. The van der Waals surface area contributed by atoms with Crippen molar-refractivity contribution < 1.29 is 4.79 Å². The Kier molecular flexibility index (Phi) is 7.19. The largest absolute Gasteiger partial charge is 0.369 e. The third-order valence-electron chi connectivity index (χ3n) is 6.79. The maximum absolute atomic E-state index is 12.4. The van der Waals surface area contributed by atoms with Crippen LogP contribution in [0.4, 0.5) is 5.69 Å². The number of H-pyrrole nitrogens is 1. The van der Waals surface area contributed by atoms with Crippen LogP contribution in [-0.4, -0.2) is 59.0 Å². The van der Waals surface area contributed by atoms with Gasteiger partial charge in [-0.3, -0.25) is 4.79 Å². The first-order chi connectivity index (χ1) is 18.3. The number of nitrogens with zero attached hydrogens (tertiary/aromatic N) is 4. The summed E-state index contributed by atoms with van der Waals surface area (Å²) in [6, 6.07) is 15.6. The predicted octanol–water partition coefficient (Wildman–Crippen LogP) is 4.66. The van der Waals surface area contributed by atoms with E-state index in [1.54, 1.807) is 12.3 Å². The average molecular weight is 525 g/mol. The molecular formula is C30H29ClN6O. The van der Waals surface area contributed by atoms with Crippen LogP contribution in [0.15, 0.2) is 54.7 Å². The molecule has 0 aliphatic carbocycles. The minimum absolute atomic E-state index is 0.361. The molecule has 192 valence electrons. The summed E-state index contributed by atoms with van der Waals surface area (Å²) in [7, 11) is 2.15. The van der Waals surface area contributed by atoms with E-state index in [0.717, 1.165) is 42.9 Å². The molecule has 1 aliphatic heterocycles. The Bertz CT molecular complexity index is 1560. The van der Waals surface area contributed by atoms with E-state index < -0.39 is 5.91 Å². The van der Waals surface area contributed by atoms with Gasteiger partial charge in [-0.05, 0) is 68.9 Å². The van der Waals surface area contributed by atoms with Gasteiger partial charge in [0, 0.05) is 54.2 Å². The fourth-order valence-electron chi connectivity index (χ4n) is 4.58. The van der Waals surface area contributed by atoms with E-state index in [-0.39, 0.29) is 0 Å². The number of piperazine rings is 1. The fraction of sp³-hybridized carbons (Fsp3) is 0.233. The van der Waals surface area contributed by atoms with E-state index in [4.69, 9.17) is 17.3 Å². The van der Waals surface area contributed by atoms with Crippen LogP contribution in [0, 0.1) is 25.7 Å². The molecule has 2 aromatic heterocycles. The molecule has 4 aromatic rings. The van der Waals surface area contributed by atoms with Gasteiger partial charge in [-0.15, -0.1) is 0 Å². The second kappa shape index (κ2) is 10.7. The number of aryl methyl sites for hydroxylation is 2. The lowest BCUT2D eigenvalue weighted by Crippen LogP contribution is -2.44. The number of anilines is 1. The zero-order valence-electron chi connectivity index (χ0n) is 21.7. The number of carbonyl (C=O) groups excluding carboxylic acids is 1. The number of hydrogen-bond donors (Lipinski definition) is 2. The van der Waals surface area contributed by atoms with Gasteiger partial charge in [-0.2, -0.15) is 0 Å². The van der Waals surface area contributed by atoms with Gasteiger partial charge in [0.25, 0.3) is 5.91 Å². The Balaban J connectivity index is 1.49. The molecule has 3 heterocycles. The molecule has 0 radical (unpaired) electrons. The number of amides is 1. The van der Waals surface area contributed by atoms with Crippen molar-refractivity contribution in [2.45, 2.75) is 13.8 Å². The van der Waals surface area contributed by atoms with Crippen molar-refractivity contribution in [3.05, 3.63) is 87.8 Å². The molecule has 7 nitrogen and oxygen atoms in total. The van der Waals surface area contributed by atoms with Crippen molar-refractivity contribution in [1.29, 1.82) is 0 Å². The van der Waals surface area contributed by atoms with Crippen molar-refractivity contribution in [3.8, 4) is 34.5 Å². The Morgan fingerprint density at radius 1 is 1.03 bits per heavy atom. The predicted molar refractivity (Wildman–Crippen MR) is 152 cm³/mol. The molecule has 1 saturated heterocycles. The van der Waals surface area contributed by atoms with E-state index in [2.05, 4.69) is 55.8 Å². The van der Waals surface area contributed by atoms with E-state index in [9.17, 15) is 4.79 Å². The van der Waals surface area contributed by atoms with Crippen LogP contribution in [0.2, 0.25) is 5.02 Å². The molecule has 5 rings (SSSR count). The second-order valence-electron chi connectivity index (χ2n) is 9.56. The highest BCUT2D eigenvalue weighted by Gasteiger charge is 2.20. The molecule has 0 spiro atoms. The van der Waals surface area contributed by atoms with Crippen molar-refractivity contribution >= 4 is 23.2 Å². The number of aromatic nitrogens is 3. The number of primary amides is 1. The fourth-order valence-corrected chi connectivity index (χ4v) is 4.75. The molecular weight excluding hydrogens is 496 g/mol. The molecule has 2 aromatic carbocycles. The van der Waals surface area contributed by atoms with Gasteiger partial charge in [0.2, 0.25) is 0 Å². The highest BCUT2D eigenvalue weighted by atomic mass is 35.5. The SMILES string of the molecule is Cc1ncc(C#Cc2ccc(N3CCN(C)CC3)cc2)c(-c2cc(C(N)=O)c(-c3cc(Cl)ccc3C)[nH]2)n1. The quantitative estimate of drug-likeness (QED) is 0.379. The molecule has 1 aliphatic rings. The third kappa shape index (κ3) is 5.42. The lowest BCUT2D eigenvalue weighted by atomic mass is 10.0. The number of likely N-dealkylation sites (N-methyl/N-ethyl adjacent to an activating group) is 1. The summed E-state index contributed by atoms with van der Waals surface area (Å²) < 4.78 is 0. The van der Waals surface area contributed by atoms with Crippen LogP contribution in [0.3, 0.4) is 0 Å². The lowest BCUT2D eigenvalue weighted by Gasteiger charge is -2.34. The number of carbonyl (C=O) groups is 1. The number of nitrogens with one attached hydrogen (secondary N) is 1. The monoisotopic (exact) mass is 524 g/mol. The minimum atomic E-state index is -0.541. The summed E-state index contributed by atoms with van der Waals surface area (Å²) in [4.78, 5) is 29.5. The molecule has 38 heavy (non-hydrogen) atoms. The smallest absolute Gasteiger partial charge is 0.250 e. The Morgan fingerprint density at radius 2 is 1.76 bits per heavy atom. The number of hydrogen-bond acceptors (Lipinski definition) is 5. The van der Waals surface area contributed by atoms with Crippen LogP contribution in [0.25, 0.3) is 22.6 Å². The first-order valence-corrected chi connectivity index (χ1v) is 12.8. The minimum Gasteiger partial charge on any atom is -0.369 e. The van der Waals surface area contributed by atoms with Gasteiger partial charge in [-0.25, -0.2) is 9.97 Å². The highest BCUT2D eigenvalue weighted by molar-refractivity contribution is 6.31. The lowest BCUT2D eigenvalue weighted by molar-refractivity contribution is 0.100. The summed E-state index contributed by atoms with van der Waals surface area (Å²) >= 11 is 6.25. The third-order valence-corrected chi connectivity index (χ3v) is 7.03. The van der Waals surface area contributed by atoms with Crippen molar-refractivity contribution in [1.82, 2.24) is 19.9 Å². The first-order valence-electron chi connectivity index (χ1n) is 12.5. The molecule has 0 unspecified atom stereocenters. The van der Waals surface area contributed by atoms with E-state index in [0.29, 0.717) is 39.1 Å². The summed E-state index contributed by atoms with van der Waals surface area (Å²) in [6.07, 6.45) is 1.71. The Hall–Kier alpha value is -4.12. The van der Waals surface area contributed by atoms with Crippen LogP contribution in [0.5, 0.6) is 0 Å². The van der Waals surface area contributed by atoms with Crippen molar-refractivity contribution in [2.24, 2.45) is 5.73 Å². The standard InChI is InChI=1S/C30H29ClN6O/c1-19-4-9-23(31)16-25(19)29-26(30(32)38)17-27(35-29)28-22(18-33-20(2)34-28)8-5-21-6-10-24(11-7-21)37-14-12-36(3)13-15-37/h4,6-7,9-11,16-18,35H,12-15H2,1-3H3,(H2,32,38). The van der Waals surface area contributed by atoms with Gasteiger partial charge >= 0.3 is 0 Å². The normalized spacial score (nSPS) is 13.7. The number of aromatic amines is 1. The van der Waals surface area contributed by atoms with Gasteiger partial charge in [0.1, 0.15) is 11.5 Å². The maximum atomic E-state index is 12.4. The Labute approximate surface area is 227 Å². The van der Waals surface area contributed by atoms with Crippen molar-refractivity contribution in [3.63, 3.8) is 0 Å². The van der Waals surface area contributed by atoms with E-state index in [1.165, 1.54) is 5.69 Å². The maximum Gasteiger partial charge on any atom is 0.250 e. The van der Waals surface area contributed by atoms with Gasteiger partial charge in [0.05, 0.1) is 22.5 Å². The summed E-state index contributed by atoms with van der Waals surface area (Å²) in [5.41, 5.74) is 12.5. The molecule has 0 bridgehead atoms. The molecule has 1 amide bonds. The highest BCUT2D eigenvalue weighted by Crippen LogP contribution is 2.33. The van der Waals surface area contributed by atoms with Gasteiger partial charge < -0.3 is 20.5 Å². The molecule has 1 fully saturated rings. The molecule has 0 saturated carbocycles. The second-order valence-corrected chi connectivity index (χ2v) is 10.00. The first kappa shape index (κ1) is 25.5. The van der Waals surface area contributed by atoms with Crippen LogP contribution in [-0.2, 0) is 0 Å². The van der Waals surface area contributed by atoms with E-state index >= 15 is 0 Å². The molecule has 3 N–H and O–H groups in total. The van der Waals surface area contributed by atoms with Gasteiger partial charge in [-0.1, -0.05) is 29.5 Å². The molecule has 8 heteroatoms. The van der Waals surface area contributed by atoms with Crippen molar-refractivity contribution in [2.75, 3.05) is 38.1 Å².